The third-order valence-electron chi connectivity index (χ3n) is 3.28. The van der Waals surface area contributed by atoms with E-state index in [0.29, 0.717) is 16.3 Å². The second-order valence-electron chi connectivity index (χ2n) is 4.98. The van der Waals surface area contributed by atoms with Crippen LogP contribution in [0.25, 0.3) is 11.3 Å². The number of anilines is 3. The van der Waals surface area contributed by atoms with Crippen LogP contribution in [0.4, 0.5) is 17.1 Å². The second kappa shape index (κ2) is 7.37. The van der Waals surface area contributed by atoms with Crippen molar-refractivity contribution in [2.75, 3.05) is 22.0 Å². The van der Waals surface area contributed by atoms with Gasteiger partial charge < -0.3 is 15.8 Å². The normalized spacial score (nSPS) is 10.4. The number of carbonyl (C=O) groups excluding carboxylic acids is 1. The number of hydrogen-bond acceptors (Lipinski definition) is 6. The van der Waals surface area contributed by atoms with Crippen LogP contribution in [0.1, 0.15) is 9.67 Å². The van der Waals surface area contributed by atoms with Crippen LogP contribution in [0.15, 0.2) is 54.0 Å². The number of carbonyl (C=O) groups is 1. The topological polar surface area (TPSA) is 80.0 Å². The van der Waals surface area contributed by atoms with E-state index in [9.17, 15) is 4.79 Å². The molecule has 0 saturated heterocycles. The first-order valence-electron chi connectivity index (χ1n) is 7.17. The van der Waals surface area contributed by atoms with Gasteiger partial charge in [-0.25, -0.2) is 0 Å². The molecule has 7 heteroatoms. The van der Waals surface area contributed by atoms with Crippen molar-refractivity contribution in [2.45, 2.75) is 0 Å². The third-order valence-corrected chi connectivity index (χ3v) is 4.64. The minimum absolute atomic E-state index is 0.151. The lowest BCUT2D eigenvalue weighted by molar-refractivity contribution is 0.103. The van der Waals surface area contributed by atoms with Crippen molar-refractivity contribution in [2.24, 2.45) is 0 Å². The van der Waals surface area contributed by atoms with Crippen LogP contribution in [0.2, 0.25) is 0 Å². The summed E-state index contributed by atoms with van der Waals surface area (Å²) in [5.41, 5.74) is 9.76. The van der Waals surface area contributed by atoms with E-state index in [2.05, 4.69) is 15.0 Å². The number of pyridine rings is 1. The first-order valence-corrected chi connectivity index (χ1v) is 9.27. The Labute approximate surface area is 148 Å². The quantitative estimate of drug-likeness (QED) is 0.593. The van der Waals surface area contributed by atoms with Crippen LogP contribution < -0.4 is 15.8 Å². The van der Waals surface area contributed by atoms with Gasteiger partial charge in [-0.1, -0.05) is 18.0 Å². The van der Waals surface area contributed by atoms with Crippen LogP contribution in [0.5, 0.6) is 0 Å². The molecule has 0 aliphatic rings. The molecule has 0 aliphatic carbocycles. The summed E-state index contributed by atoms with van der Waals surface area (Å²) in [6.07, 6.45) is 3.63. The smallest absolute Gasteiger partial charge is 0.265 e. The molecule has 5 nitrogen and oxygen atoms in total. The number of thiophene rings is 1. The molecule has 122 valence electrons. The van der Waals surface area contributed by atoms with Gasteiger partial charge in [0, 0.05) is 34.8 Å². The molecule has 4 N–H and O–H groups in total. The summed E-state index contributed by atoms with van der Waals surface area (Å²) in [4.78, 5) is 17.3. The number of aromatic nitrogens is 1. The average molecular weight is 356 g/mol. The predicted octanol–water partition coefficient (Wildman–Crippen LogP) is 4.33. The third kappa shape index (κ3) is 3.69. The zero-order valence-corrected chi connectivity index (χ0v) is 14.6. The molecule has 0 radical (unpaired) electrons. The summed E-state index contributed by atoms with van der Waals surface area (Å²) < 4.78 is 3.14. The van der Waals surface area contributed by atoms with Crippen molar-refractivity contribution in [3.05, 3.63) is 58.9 Å². The van der Waals surface area contributed by atoms with Crippen LogP contribution in [-0.2, 0) is 0 Å². The van der Waals surface area contributed by atoms with Gasteiger partial charge in [0.05, 0.1) is 16.3 Å². The van der Waals surface area contributed by atoms with E-state index in [4.69, 9.17) is 5.73 Å². The Balaban J connectivity index is 1.77. The molecule has 1 amide bonds. The fourth-order valence-electron chi connectivity index (χ4n) is 2.21. The van der Waals surface area contributed by atoms with Gasteiger partial charge in [-0.3, -0.25) is 9.78 Å². The average Bonchev–Trinajstić information content (AvgIpc) is 3.06. The van der Waals surface area contributed by atoms with Gasteiger partial charge in [-0.2, -0.15) is 0 Å². The number of rotatable bonds is 5. The number of benzene rings is 1. The molecule has 2 heterocycles. The van der Waals surface area contributed by atoms with Gasteiger partial charge in [-0.05, 0) is 36.4 Å². The Kier molecular flexibility index (Phi) is 5.02. The number of nitrogens with one attached hydrogen (secondary N) is 2. The number of nitrogens with zero attached hydrogens (tertiary/aromatic N) is 1. The van der Waals surface area contributed by atoms with E-state index in [1.165, 1.54) is 23.3 Å². The lowest BCUT2D eigenvalue weighted by atomic mass is 10.2. The van der Waals surface area contributed by atoms with Gasteiger partial charge >= 0.3 is 0 Å². The highest BCUT2D eigenvalue weighted by Crippen LogP contribution is 2.28. The van der Waals surface area contributed by atoms with Gasteiger partial charge in [0.1, 0.15) is 0 Å². The lowest BCUT2D eigenvalue weighted by Crippen LogP contribution is -2.10. The molecule has 0 atom stereocenters. The second-order valence-corrected chi connectivity index (χ2v) is 6.51. The largest absolute Gasteiger partial charge is 0.397 e. The lowest BCUT2D eigenvalue weighted by Gasteiger charge is -2.07. The van der Waals surface area contributed by atoms with Crippen molar-refractivity contribution < 1.29 is 4.79 Å². The van der Waals surface area contributed by atoms with Gasteiger partial charge in [0.25, 0.3) is 5.91 Å². The molecule has 0 saturated carbocycles. The molecule has 0 spiro atoms. The zero-order chi connectivity index (χ0) is 16.9. The highest BCUT2D eigenvalue weighted by atomic mass is 32.2. The highest BCUT2D eigenvalue weighted by Gasteiger charge is 2.12. The summed E-state index contributed by atoms with van der Waals surface area (Å²) >= 11 is 2.87. The van der Waals surface area contributed by atoms with Crippen molar-refractivity contribution >= 4 is 46.3 Å². The monoisotopic (exact) mass is 356 g/mol. The van der Waals surface area contributed by atoms with Crippen molar-refractivity contribution in [3.8, 4) is 11.3 Å². The molecule has 1 aromatic carbocycles. The van der Waals surface area contributed by atoms with Crippen molar-refractivity contribution in [1.82, 2.24) is 4.98 Å². The maximum Gasteiger partial charge on any atom is 0.265 e. The van der Waals surface area contributed by atoms with E-state index in [1.54, 1.807) is 18.3 Å². The van der Waals surface area contributed by atoms with E-state index in [1.807, 2.05) is 42.0 Å². The molecule has 2 aromatic heterocycles. The van der Waals surface area contributed by atoms with Crippen LogP contribution in [0.3, 0.4) is 0 Å². The molecule has 0 fully saturated rings. The molecule has 0 bridgehead atoms. The van der Waals surface area contributed by atoms with E-state index in [-0.39, 0.29) is 5.91 Å². The highest BCUT2D eigenvalue weighted by molar-refractivity contribution is 7.99. The summed E-state index contributed by atoms with van der Waals surface area (Å²) in [6, 6.07) is 13.0. The van der Waals surface area contributed by atoms with Crippen LogP contribution in [0, 0.1) is 0 Å². The number of hydrogen-bond donors (Lipinski definition) is 3. The summed E-state index contributed by atoms with van der Waals surface area (Å²) in [5, 5.41) is 4.80. The molecule has 24 heavy (non-hydrogen) atoms. The van der Waals surface area contributed by atoms with Gasteiger partial charge in [-0.15, -0.1) is 11.3 Å². The first kappa shape index (κ1) is 16.4. The molecule has 0 unspecified atom stereocenters. The van der Waals surface area contributed by atoms with E-state index in [0.717, 1.165) is 16.9 Å². The van der Waals surface area contributed by atoms with Crippen molar-refractivity contribution in [3.63, 3.8) is 0 Å². The number of amides is 1. The van der Waals surface area contributed by atoms with Crippen LogP contribution in [-0.4, -0.2) is 17.1 Å². The van der Waals surface area contributed by atoms with Crippen LogP contribution >= 0.6 is 23.3 Å². The van der Waals surface area contributed by atoms with Gasteiger partial charge in [0.15, 0.2) is 0 Å². The molecule has 3 rings (SSSR count). The predicted molar refractivity (Wildman–Crippen MR) is 103 cm³/mol. The maximum absolute atomic E-state index is 12.4. The summed E-state index contributed by atoms with van der Waals surface area (Å²) in [7, 11) is 0. The zero-order valence-electron chi connectivity index (χ0n) is 12.9. The number of nitrogens with two attached hydrogens (primary N) is 1. The molecular formula is C17H16N4OS2. The fraction of sp³-hybridized carbons (Fsp3) is 0.0588. The molecular weight excluding hydrogens is 340 g/mol. The Morgan fingerprint density at radius 1 is 1.21 bits per heavy atom. The minimum Gasteiger partial charge on any atom is -0.397 e. The Hall–Kier alpha value is -2.51. The standard InChI is InChI=1S/C17H16N4OS2/c1-23-21-13-5-2-4-12(9-13)20-17(22)15-8-11(10-24-15)16-14(18)6-3-7-19-16/h2-10,21H,18H2,1H3,(H,20,22). The van der Waals surface area contributed by atoms with E-state index < -0.39 is 0 Å². The SMILES string of the molecule is CSNc1cccc(NC(=O)c2cc(-c3ncccc3N)cs2)c1. The molecule has 0 aliphatic heterocycles. The maximum atomic E-state index is 12.4. The Bertz CT molecular complexity index is 863. The Morgan fingerprint density at radius 2 is 2.04 bits per heavy atom. The molecule has 3 aromatic rings. The minimum atomic E-state index is -0.151. The number of nitrogen functional groups attached to an aromatic ring is 1. The summed E-state index contributed by atoms with van der Waals surface area (Å²) in [6.45, 7) is 0. The summed E-state index contributed by atoms with van der Waals surface area (Å²) in [5.74, 6) is -0.151. The fourth-order valence-corrected chi connectivity index (χ4v) is 3.36. The van der Waals surface area contributed by atoms with Gasteiger partial charge in [0.2, 0.25) is 0 Å². The van der Waals surface area contributed by atoms with Crippen molar-refractivity contribution in [1.29, 1.82) is 0 Å². The van der Waals surface area contributed by atoms with E-state index >= 15 is 0 Å². The Morgan fingerprint density at radius 3 is 2.83 bits per heavy atom. The first-order chi connectivity index (χ1) is 11.7.